The number of carbonyl (C=O) groups excluding carboxylic acids is 2. The van der Waals surface area contributed by atoms with Crippen LogP contribution in [0.25, 0.3) is 0 Å². The molecule has 0 aromatic carbocycles. The summed E-state index contributed by atoms with van der Waals surface area (Å²) < 4.78 is 5.35. The van der Waals surface area contributed by atoms with Gasteiger partial charge in [-0.25, -0.2) is 4.79 Å². The summed E-state index contributed by atoms with van der Waals surface area (Å²) in [6.07, 6.45) is 4.67. The van der Waals surface area contributed by atoms with Crippen LogP contribution in [0.1, 0.15) is 33.6 Å². The van der Waals surface area contributed by atoms with E-state index >= 15 is 0 Å². The van der Waals surface area contributed by atoms with E-state index in [0.717, 1.165) is 12.8 Å². The Labute approximate surface area is 121 Å². The highest BCUT2D eigenvalue weighted by Crippen LogP contribution is 2.20. The molecule has 0 aromatic rings. The Balaban J connectivity index is 2.58. The third-order valence-corrected chi connectivity index (χ3v) is 3.01. The summed E-state index contributed by atoms with van der Waals surface area (Å²) >= 11 is 0. The predicted octanol–water partition coefficient (Wildman–Crippen LogP) is 2.28. The highest BCUT2D eigenvalue weighted by atomic mass is 16.6. The Morgan fingerprint density at radius 2 is 1.95 bits per heavy atom. The fourth-order valence-electron chi connectivity index (χ4n) is 2.06. The Hall–Kier alpha value is -1.52. The molecule has 0 aromatic heterocycles. The molecule has 0 spiro atoms. The van der Waals surface area contributed by atoms with Crippen LogP contribution < -0.4 is 0 Å². The van der Waals surface area contributed by atoms with Gasteiger partial charge < -0.3 is 14.5 Å². The third kappa shape index (κ3) is 5.63. The number of amides is 1. The van der Waals surface area contributed by atoms with Gasteiger partial charge in [0.1, 0.15) is 5.60 Å². The van der Waals surface area contributed by atoms with E-state index in [1.54, 1.807) is 17.2 Å². The minimum Gasteiger partial charge on any atom is -0.444 e. The molecule has 0 radical (unpaired) electrons. The van der Waals surface area contributed by atoms with Crippen molar-refractivity contribution in [3.63, 3.8) is 0 Å². The molecule has 0 bridgehead atoms. The average Bonchev–Trinajstić information content (AvgIpc) is 2.34. The second-order valence-electron chi connectivity index (χ2n) is 6.45. The number of likely N-dealkylation sites (tertiary alicyclic amines) is 1. The van der Waals surface area contributed by atoms with Crippen LogP contribution >= 0.6 is 0 Å². The van der Waals surface area contributed by atoms with Crippen LogP contribution in [0.2, 0.25) is 0 Å². The van der Waals surface area contributed by atoms with E-state index in [9.17, 15) is 9.59 Å². The molecule has 0 N–H and O–H groups in total. The summed E-state index contributed by atoms with van der Waals surface area (Å²) in [6, 6.07) is 0. The topological polar surface area (TPSA) is 49.9 Å². The molecule has 5 nitrogen and oxygen atoms in total. The van der Waals surface area contributed by atoms with Crippen molar-refractivity contribution >= 4 is 11.9 Å². The lowest BCUT2D eigenvalue weighted by Crippen LogP contribution is -2.44. The second kappa shape index (κ2) is 6.77. The molecule has 1 amide bonds. The van der Waals surface area contributed by atoms with Crippen LogP contribution in [0.3, 0.4) is 0 Å². The molecule has 1 saturated heterocycles. The zero-order chi connectivity index (χ0) is 15.3. The molecule has 5 heteroatoms. The Morgan fingerprint density at radius 1 is 1.30 bits per heavy atom. The number of rotatable bonds is 3. The normalized spacial score (nSPS) is 20.1. The van der Waals surface area contributed by atoms with E-state index in [4.69, 9.17) is 4.74 Å². The van der Waals surface area contributed by atoms with Gasteiger partial charge in [0.2, 0.25) is 0 Å². The predicted molar refractivity (Wildman–Crippen MR) is 78.4 cm³/mol. The summed E-state index contributed by atoms with van der Waals surface area (Å²) in [4.78, 5) is 27.5. The summed E-state index contributed by atoms with van der Waals surface area (Å²) in [6.45, 7) is 6.65. The molecule has 1 unspecified atom stereocenters. The average molecular weight is 282 g/mol. The molecule has 0 saturated carbocycles. The number of carbonyl (C=O) groups is 2. The number of ether oxygens (including phenoxy) is 1. The van der Waals surface area contributed by atoms with Crippen LogP contribution in [0.4, 0.5) is 4.79 Å². The van der Waals surface area contributed by atoms with Crippen molar-refractivity contribution in [3.05, 3.63) is 12.3 Å². The highest BCUT2D eigenvalue weighted by Gasteiger charge is 2.29. The number of allylic oxidation sites excluding steroid dienone is 1. The molecule has 1 aliphatic rings. The van der Waals surface area contributed by atoms with Gasteiger partial charge in [0.05, 0.1) is 0 Å². The first-order chi connectivity index (χ1) is 9.19. The van der Waals surface area contributed by atoms with Crippen molar-refractivity contribution in [2.45, 2.75) is 39.2 Å². The van der Waals surface area contributed by atoms with Crippen molar-refractivity contribution in [2.75, 3.05) is 27.2 Å². The van der Waals surface area contributed by atoms with E-state index in [2.05, 4.69) is 0 Å². The van der Waals surface area contributed by atoms with Crippen molar-refractivity contribution < 1.29 is 14.3 Å². The largest absolute Gasteiger partial charge is 0.444 e. The molecular formula is C15H26N2O3. The molecule has 1 fully saturated rings. The Bertz CT molecular complexity index is 383. The van der Waals surface area contributed by atoms with Gasteiger partial charge in [-0.3, -0.25) is 4.79 Å². The SMILES string of the molecule is CN(C)/C=C\C(=O)C1CCCN(C(=O)OC(C)(C)C)C1. The molecule has 20 heavy (non-hydrogen) atoms. The van der Waals surface area contributed by atoms with E-state index in [1.165, 1.54) is 0 Å². The fourth-order valence-corrected chi connectivity index (χ4v) is 2.06. The standard InChI is InChI=1S/C15H26N2O3/c1-15(2,3)20-14(19)17-9-6-7-12(11-17)13(18)8-10-16(4)5/h8,10,12H,6-7,9,11H2,1-5H3/b10-8-. The zero-order valence-corrected chi connectivity index (χ0v) is 13.2. The molecule has 1 aliphatic heterocycles. The maximum Gasteiger partial charge on any atom is 0.410 e. The first kappa shape index (κ1) is 16.5. The van der Waals surface area contributed by atoms with E-state index in [1.807, 2.05) is 39.8 Å². The smallest absolute Gasteiger partial charge is 0.410 e. The van der Waals surface area contributed by atoms with Crippen molar-refractivity contribution in [1.82, 2.24) is 9.80 Å². The molecule has 1 atom stereocenters. The van der Waals surface area contributed by atoms with Crippen LogP contribution in [-0.4, -0.2) is 54.5 Å². The second-order valence-corrected chi connectivity index (χ2v) is 6.45. The van der Waals surface area contributed by atoms with Gasteiger partial charge in [-0.2, -0.15) is 0 Å². The van der Waals surface area contributed by atoms with Gasteiger partial charge in [0, 0.05) is 39.3 Å². The van der Waals surface area contributed by atoms with Crippen LogP contribution in [-0.2, 0) is 9.53 Å². The number of hydrogen-bond acceptors (Lipinski definition) is 4. The molecular weight excluding hydrogens is 256 g/mol. The van der Waals surface area contributed by atoms with Crippen molar-refractivity contribution in [1.29, 1.82) is 0 Å². The number of ketones is 1. The molecule has 0 aliphatic carbocycles. The Morgan fingerprint density at radius 3 is 2.50 bits per heavy atom. The number of nitrogens with zero attached hydrogens (tertiary/aromatic N) is 2. The first-order valence-corrected chi connectivity index (χ1v) is 7.05. The van der Waals surface area contributed by atoms with E-state index in [-0.39, 0.29) is 17.8 Å². The van der Waals surface area contributed by atoms with Crippen molar-refractivity contribution in [3.8, 4) is 0 Å². The van der Waals surface area contributed by atoms with Gasteiger partial charge in [-0.15, -0.1) is 0 Å². The summed E-state index contributed by atoms with van der Waals surface area (Å²) in [5, 5.41) is 0. The fraction of sp³-hybridized carbons (Fsp3) is 0.733. The van der Waals surface area contributed by atoms with Gasteiger partial charge in [0.15, 0.2) is 5.78 Å². The maximum absolute atomic E-state index is 12.1. The highest BCUT2D eigenvalue weighted by molar-refractivity contribution is 5.92. The van der Waals surface area contributed by atoms with Crippen molar-refractivity contribution in [2.24, 2.45) is 5.92 Å². The summed E-state index contributed by atoms with van der Waals surface area (Å²) in [7, 11) is 3.75. The van der Waals surface area contributed by atoms with E-state index < -0.39 is 5.60 Å². The van der Waals surface area contributed by atoms with Gasteiger partial charge in [-0.1, -0.05) is 0 Å². The summed E-state index contributed by atoms with van der Waals surface area (Å²) in [5.74, 6) is -0.0422. The minimum absolute atomic E-state index is 0.0759. The quantitative estimate of drug-likeness (QED) is 0.745. The minimum atomic E-state index is -0.501. The van der Waals surface area contributed by atoms with Gasteiger partial charge in [0.25, 0.3) is 0 Å². The Kier molecular flexibility index (Phi) is 5.60. The van der Waals surface area contributed by atoms with Crippen LogP contribution in [0.5, 0.6) is 0 Å². The summed E-state index contributed by atoms with van der Waals surface area (Å²) in [5.41, 5.74) is -0.501. The maximum atomic E-state index is 12.1. The lowest BCUT2D eigenvalue weighted by molar-refractivity contribution is -0.119. The third-order valence-electron chi connectivity index (χ3n) is 3.01. The molecule has 114 valence electrons. The van der Waals surface area contributed by atoms with Crippen LogP contribution in [0.15, 0.2) is 12.3 Å². The number of piperidine rings is 1. The van der Waals surface area contributed by atoms with Crippen LogP contribution in [0, 0.1) is 5.92 Å². The molecule has 1 rings (SSSR count). The lowest BCUT2D eigenvalue weighted by Gasteiger charge is -2.33. The van der Waals surface area contributed by atoms with E-state index in [0.29, 0.717) is 13.1 Å². The first-order valence-electron chi connectivity index (χ1n) is 7.05. The zero-order valence-electron chi connectivity index (χ0n) is 13.2. The lowest BCUT2D eigenvalue weighted by atomic mass is 9.94. The number of hydrogen-bond donors (Lipinski definition) is 0. The van der Waals surface area contributed by atoms with Gasteiger partial charge in [-0.05, 0) is 39.7 Å². The molecule has 1 heterocycles. The van der Waals surface area contributed by atoms with Gasteiger partial charge >= 0.3 is 6.09 Å². The monoisotopic (exact) mass is 282 g/mol.